The van der Waals surface area contributed by atoms with E-state index in [1.54, 1.807) is 36.8 Å². The summed E-state index contributed by atoms with van der Waals surface area (Å²) >= 11 is 0. The molecule has 2 atom stereocenters. The molecule has 0 saturated carbocycles. The highest BCUT2D eigenvalue weighted by atomic mass is 16.2. The van der Waals surface area contributed by atoms with Crippen molar-refractivity contribution in [2.75, 3.05) is 11.9 Å². The maximum absolute atomic E-state index is 13.3. The summed E-state index contributed by atoms with van der Waals surface area (Å²) in [4.78, 5) is 28.8. The van der Waals surface area contributed by atoms with Gasteiger partial charge in [0.1, 0.15) is 18.4 Å². The lowest BCUT2D eigenvalue weighted by molar-refractivity contribution is -0.119. The minimum atomic E-state index is -0.536. The number of primary amides is 1. The second kappa shape index (κ2) is 11.9. The zero-order valence-corrected chi connectivity index (χ0v) is 20.6. The van der Waals surface area contributed by atoms with E-state index in [2.05, 4.69) is 45.9 Å². The first kappa shape index (κ1) is 25.5. The molecule has 2 unspecified atom stereocenters. The van der Waals surface area contributed by atoms with Crippen molar-refractivity contribution in [2.45, 2.75) is 38.3 Å². The molecule has 9 heteroatoms. The Balaban J connectivity index is 1.43. The molecule has 37 heavy (non-hydrogen) atoms. The van der Waals surface area contributed by atoms with Crippen molar-refractivity contribution in [3.05, 3.63) is 89.9 Å². The number of pyridine rings is 1. The van der Waals surface area contributed by atoms with E-state index in [4.69, 9.17) is 11.0 Å². The first-order valence-electron chi connectivity index (χ1n) is 12.1. The number of carbonyl (C=O) groups excluding carboxylic acids is 2. The van der Waals surface area contributed by atoms with Crippen molar-refractivity contribution in [2.24, 2.45) is 5.73 Å². The van der Waals surface area contributed by atoms with Gasteiger partial charge in [-0.1, -0.05) is 37.3 Å². The number of aromatic nitrogens is 3. The molecule has 0 aliphatic heterocycles. The van der Waals surface area contributed by atoms with Crippen LogP contribution >= 0.6 is 0 Å². The third-order valence-electron chi connectivity index (χ3n) is 6.16. The molecule has 0 saturated heterocycles. The first-order valence-corrected chi connectivity index (χ1v) is 12.1. The van der Waals surface area contributed by atoms with Crippen LogP contribution in [0.25, 0.3) is 11.1 Å². The zero-order chi connectivity index (χ0) is 26.2. The molecule has 3 aromatic rings. The van der Waals surface area contributed by atoms with Gasteiger partial charge in [-0.3, -0.25) is 14.3 Å². The second-order valence-corrected chi connectivity index (χ2v) is 8.97. The Morgan fingerprint density at radius 2 is 1.95 bits per heavy atom. The molecule has 0 bridgehead atoms. The minimum absolute atomic E-state index is 0.00402. The number of rotatable bonds is 10. The van der Waals surface area contributed by atoms with Crippen LogP contribution in [0, 0.1) is 11.3 Å². The lowest BCUT2D eigenvalue weighted by Crippen LogP contribution is -2.43. The van der Waals surface area contributed by atoms with E-state index in [0.717, 1.165) is 35.1 Å². The van der Waals surface area contributed by atoms with Crippen molar-refractivity contribution in [1.29, 1.82) is 5.26 Å². The number of benzene rings is 1. The quantitative estimate of drug-likeness (QED) is 0.395. The van der Waals surface area contributed by atoms with E-state index in [0.29, 0.717) is 17.9 Å². The van der Waals surface area contributed by atoms with Crippen molar-refractivity contribution >= 4 is 17.6 Å². The van der Waals surface area contributed by atoms with Gasteiger partial charge in [-0.15, -0.1) is 0 Å². The molecule has 2 heterocycles. The average Bonchev–Trinajstić information content (AvgIpc) is 3.37. The van der Waals surface area contributed by atoms with Gasteiger partial charge in [0.05, 0.1) is 17.8 Å². The third-order valence-corrected chi connectivity index (χ3v) is 6.16. The molecule has 1 aromatic carbocycles. The Hall–Kier alpha value is -4.55. The number of nitrogens with zero attached hydrogens (tertiary/aromatic N) is 4. The van der Waals surface area contributed by atoms with Crippen LogP contribution < -0.4 is 16.4 Å². The van der Waals surface area contributed by atoms with Crippen molar-refractivity contribution in [1.82, 2.24) is 20.1 Å². The highest BCUT2D eigenvalue weighted by molar-refractivity contribution is 5.96. The Kier molecular flexibility index (Phi) is 8.23. The van der Waals surface area contributed by atoms with Gasteiger partial charge in [-0.25, -0.2) is 4.98 Å². The SMILES string of the molecule is CC(CNC(C(=O)Nc1ccc(-c2cnn(CC(N)=O)c2)cn1)C1=CCCC=C1)c1ccc(C#N)cc1. The zero-order valence-electron chi connectivity index (χ0n) is 20.6. The van der Waals surface area contributed by atoms with Gasteiger partial charge in [0.2, 0.25) is 11.8 Å². The van der Waals surface area contributed by atoms with E-state index < -0.39 is 11.9 Å². The highest BCUT2D eigenvalue weighted by Gasteiger charge is 2.23. The van der Waals surface area contributed by atoms with E-state index in [1.807, 2.05) is 24.3 Å². The van der Waals surface area contributed by atoms with Gasteiger partial charge in [-0.2, -0.15) is 10.4 Å². The van der Waals surface area contributed by atoms with E-state index in [-0.39, 0.29) is 18.4 Å². The van der Waals surface area contributed by atoms with Crippen molar-refractivity contribution in [3.8, 4) is 17.2 Å². The second-order valence-electron chi connectivity index (χ2n) is 8.97. The third kappa shape index (κ3) is 6.78. The summed E-state index contributed by atoms with van der Waals surface area (Å²) in [5, 5.41) is 19.5. The molecule has 0 fully saturated rings. The Morgan fingerprint density at radius 1 is 1.14 bits per heavy atom. The molecule has 188 valence electrons. The number of allylic oxidation sites excluding steroid dienone is 2. The summed E-state index contributed by atoms with van der Waals surface area (Å²) in [5.41, 5.74) is 9.45. The van der Waals surface area contributed by atoms with E-state index >= 15 is 0 Å². The van der Waals surface area contributed by atoms with Gasteiger partial charge in [0, 0.05) is 30.1 Å². The lowest BCUT2D eigenvalue weighted by atomic mass is 9.96. The lowest BCUT2D eigenvalue weighted by Gasteiger charge is -2.23. The van der Waals surface area contributed by atoms with Crippen LogP contribution in [0.15, 0.2) is 78.8 Å². The summed E-state index contributed by atoms with van der Waals surface area (Å²) in [5.74, 6) is -0.0858. The van der Waals surface area contributed by atoms with Crippen LogP contribution in [-0.4, -0.2) is 39.2 Å². The Labute approximate surface area is 215 Å². The summed E-state index contributed by atoms with van der Waals surface area (Å²) in [6.45, 7) is 2.67. The van der Waals surface area contributed by atoms with Gasteiger partial charge < -0.3 is 16.4 Å². The maximum Gasteiger partial charge on any atom is 0.247 e. The van der Waals surface area contributed by atoms with E-state index in [1.165, 1.54) is 4.68 Å². The number of carbonyl (C=O) groups is 2. The van der Waals surface area contributed by atoms with Crippen LogP contribution in [0.4, 0.5) is 5.82 Å². The smallest absolute Gasteiger partial charge is 0.247 e. The largest absolute Gasteiger partial charge is 0.368 e. The van der Waals surface area contributed by atoms with Crippen LogP contribution in [0.1, 0.15) is 36.8 Å². The molecular weight excluding hydrogens is 466 g/mol. The number of hydrogen-bond donors (Lipinski definition) is 3. The average molecular weight is 496 g/mol. The van der Waals surface area contributed by atoms with Crippen LogP contribution in [-0.2, 0) is 16.1 Å². The Bertz CT molecular complexity index is 1350. The predicted molar refractivity (Wildman–Crippen MR) is 141 cm³/mol. The van der Waals surface area contributed by atoms with E-state index in [9.17, 15) is 9.59 Å². The standard InChI is InChI=1S/C28H29N7O2/c1-19(21-9-7-20(13-29)8-10-21)14-32-27(22-5-3-2-4-6-22)28(37)34-26-12-11-23(15-31-26)24-16-33-35(17-24)18-25(30)36/h3,5-12,15-17,19,27,32H,2,4,14,18H2,1H3,(H2,30,36)(H,31,34,37). The molecule has 1 aliphatic carbocycles. The molecule has 0 spiro atoms. The van der Waals surface area contributed by atoms with Crippen molar-refractivity contribution < 1.29 is 9.59 Å². The van der Waals surface area contributed by atoms with Gasteiger partial charge in [0.25, 0.3) is 0 Å². The number of nitrogens with one attached hydrogen (secondary N) is 2. The molecule has 2 amide bonds. The predicted octanol–water partition coefficient (Wildman–Crippen LogP) is 3.28. The molecule has 9 nitrogen and oxygen atoms in total. The fourth-order valence-corrected chi connectivity index (χ4v) is 4.10. The number of amides is 2. The number of anilines is 1. The molecular formula is C28H29N7O2. The molecule has 0 radical (unpaired) electrons. The number of nitrogens with two attached hydrogens (primary N) is 1. The van der Waals surface area contributed by atoms with Gasteiger partial charge in [-0.05, 0) is 54.2 Å². The van der Waals surface area contributed by atoms with Gasteiger partial charge >= 0.3 is 0 Å². The maximum atomic E-state index is 13.3. The summed E-state index contributed by atoms with van der Waals surface area (Å²) in [7, 11) is 0. The fraction of sp³-hybridized carbons (Fsp3) is 0.250. The molecule has 4 rings (SSSR count). The topological polar surface area (TPSA) is 139 Å². The molecule has 2 aromatic heterocycles. The number of hydrogen-bond acceptors (Lipinski definition) is 6. The summed E-state index contributed by atoms with van der Waals surface area (Å²) in [6, 6.07) is 12.7. The van der Waals surface area contributed by atoms with Crippen LogP contribution in [0.2, 0.25) is 0 Å². The molecule has 1 aliphatic rings. The first-order chi connectivity index (χ1) is 17.9. The van der Waals surface area contributed by atoms with Crippen molar-refractivity contribution in [3.63, 3.8) is 0 Å². The monoisotopic (exact) mass is 495 g/mol. The summed E-state index contributed by atoms with van der Waals surface area (Å²) in [6.07, 6.45) is 13.0. The minimum Gasteiger partial charge on any atom is -0.368 e. The fourth-order valence-electron chi connectivity index (χ4n) is 4.10. The highest BCUT2D eigenvalue weighted by Crippen LogP contribution is 2.21. The van der Waals surface area contributed by atoms with Gasteiger partial charge in [0.15, 0.2) is 0 Å². The molecule has 4 N–H and O–H groups in total. The van der Waals surface area contributed by atoms with Crippen LogP contribution in [0.3, 0.4) is 0 Å². The Morgan fingerprint density at radius 3 is 2.59 bits per heavy atom. The normalized spacial score (nSPS) is 14.3. The van der Waals surface area contributed by atoms with Crippen LogP contribution in [0.5, 0.6) is 0 Å². The summed E-state index contributed by atoms with van der Waals surface area (Å²) < 4.78 is 1.47. The number of nitriles is 1.